The molecule has 148 valence electrons. The van der Waals surface area contributed by atoms with Crippen LogP contribution in [0.25, 0.3) is 0 Å². The van der Waals surface area contributed by atoms with E-state index in [0.717, 1.165) is 0 Å². The van der Waals surface area contributed by atoms with E-state index in [1.165, 1.54) is 7.11 Å². The summed E-state index contributed by atoms with van der Waals surface area (Å²) in [4.78, 5) is 36.0. The molecule has 2 aromatic carbocycles. The summed E-state index contributed by atoms with van der Waals surface area (Å²) in [6, 6.07) is 13.1. The van der Waals surface area contributed by atoms with Gasteiger partial charge < -0.3 is 14.8 Å². The smallest absolute Gasteiger partial charge is 0.337 e. The Bertz CT molecular complexity index is 848. The topological polar surface area (TPSA) is 81.7 Å². The molecule has 6 heteroatoms. The lowest BCUT2D eigenvalue weighted by Gasteiger charge is -2.18. The molecule has 0 saturated heterocycles. The largest absolute Gasteiger partial charge is 0.483 e. The molecule has 0 unspecified atom stereocenters. The van der Waals surface area contributed by atoms with Gasteiger partial charge >= 0.3 is 5.97 Å². The minimum atomic E-state index is -0.709. The molecular formula is C22H25NO5. The summed E-state index contributed by atoms with van der Waals surface area (Å²) in [5.74, 6) is -0.249. The fraction of sp³-hybridized carbons (Fsp3) is 0.318. The standard InChI is InChI=1S/C22H25NO5/c1-14(28-18-12-8-16(9-13-18)20(25)27-5)19(24)15-6-10-17(11-7-15)23-21(26)22(2,3)4/h6-14H,1-5H3,(H,23,26)/t14-/m1/s1. The number of Topliss-reactive ketones (excluding diaryl/α,β-unsaturated/α-hetero) is 1. The highest BCUT2D eigenvalue weighted by Gasteiger charge is 2.22. The molecule has 1 atom stereocenters. The van der Waals surface area contributed by atoms with Crippen LogP contribution in [0.1, 0.15) is 48.4 Å². The first kappa shape index (κ1) is 21.2. The molecule has 0 spiro atoms. The van der Waals surface area contributed by atoms with Crippen molar-refractivity contribution in [2.75, 3.05) is 12.4 Å². The van der Waals surface area contributed by atoms with Crippen LogP contribution in [0.2, 0.25) is 0 Å². The second-order valence-electron chi connectivity index (χ2n) is 7.42. The van der Waals surface area contributed by atoms with Gasteiger partial charge in [0.15, 0.2) is 6.10 Å². The van der Waals surface area contributed by atoms with Crippen LogP contribution in [-0.4, -0.2) is 30.9 Å². The van der Waals surface area contributed by atoms with E-state index < -0.39 is 17.5 Å². The highest BCUT2D eigenvalue weighted by Crippen LogP contribution is 2.20. The van der Waals surface area contributed by atoms with Gasteiger partial charge in [-0.25, -0.2) is 4.79 Å². The molecule has 0 aliphatic heterocycles. The van der Waals surface area contributed by atoms with Crippen LogP contribution < -0.4 is 10.1 Å². The van der Waals surface area contributed by atoms with Gasteiger partial charge in [0.05, 0.1) is 12.7 Å². The Balaban J connectivity index is 2.01. The van der Waals surface area contributed by atoms with Crippen molar-refractivity contribution < 1.29 is 23.9 Å². The van der Waals surface area contributed by atoms with E-state index in [2.05, 4.69) is 10.1 Å². The summed E-state index contributed by atoms with van der Waals surface area (Å²) >= 11 is 0. The number of methoxy groups -OCH3 is 1. The monoisotopic (exact) mass is 383 g/mol. The average Bonchev–Trinajstić information content (AvgIpc) is 2.67. The number of nitrogens with one attached hydrogen (secondary N) is 1. The fourth-order valence-electron chi connectivity index (χ4n) is 2.32. The number of carbonyl (C=O) groups is 3. The third-order valence-electron chi connectivity index (χ3n) is 4.07. The van der Waals surface area contributed by atoms with Gasteiger partial charge in [0, 0.05) is 16.7 Å². The number of anilines is 1. The van der Waals surface area contributed by atoms with E-state index in [1.807, 2.05) is 20.8 Å². The number of ether oxygens (including phenoxy) is 2. The summed E-state index contributed by atoms with van der Waals surface area (Å²) in [5.41, 5.74) is 1.01. The minimum Gasteiger partial charge on any atom is -0.483 e. The van der Waals surface area contributed by atoms with Crippen molar-refractivity contribution in [1.29, 1.82) is 0 Å². The summed E-state index contributed by atoms with van der Waals surface area (Å²) in [6.45, 7) is 7.15. The average molecular weight is 383 g/mol. The van der Waals surface area contributed by atoms with E-state index in [-0.39, 0.29) is 11.7 Å². The number of hydrogen-bond acceptors (Lipinski definition) is 5. The predicted molar refractivity (Wildman–Crippen MR) is 107 cm³/mol. The number of esters is 1. The first-order valence-corrected chi connectivity index (χ1v) is 8.92. The molecule has 0 aliphatic rings. The number of ketones is 1. The molecule has 1 N–H and O–H groups in total. The summed E-state index contributed by atoms with van der Waals surface area (Å²) in [7, 11) is 1.31. The number of carbonyl (C=O) groups excluding carboxylic acids is 3. The van der Waals surface area contributed by atoms with Crippen molar-refractivity contribution in [3.63, 3.8) is 0 Å². The lowest BCUT2D eigenvalue weighted by Crippen LogP contribution is -2.27. The van der Waals surface area contributed by atoms with E-state index in [1.54, 1.807) is 55.5 Å². The lowest BCUT2D eigenvalue weighted by molar-refractivity contribution is -0.123. The van der Waals surface area contributed by atoms with Crippen molar-refractivity contribution in [3.05, 3.63) is 59.7 Å². The fourth-order valence-corrected chi connectivity index (χ4v) is 2.32. The Kier molecular flexibility index (Phi) is 6.57. The quantitative estimate of drug-likeness (QED) is 0.600. The molecule has 0 aromatic heterocycles. The second kappa shape index (κ2) is 8.69. The zero-order chi connectivity index (χ0) is 20.9. The number of amides is 1. The molecule has 28 heavy (non-hydrogen) atoms. The van der Waals surface area contributed by atoms with Crippen LogP contribution in [0, 0.1) is 5.41 Å². The molecule has 2 rings (SSSR count). The predicted octanol–water partition coefficient (Wildman–Crippen LogP) is 4.11. The molecule has 0 fully saturated rings. The second-order valence-corrected chi connectivity index (χ2v) is 7.42. The first-order valence-electron chi connectivity index (χ1n) is 8.92. The Morgan fingerprint density at radius 2 is 1.43 bits per heavy atom. The number of hydrogen-bond donors (Lipinski definition) is 1. The number of rotatable bonds is 6. The molecule has 0 radical (unpaired) electrons. The van der Waals surface area contributed by atoms with E-state index in [4.69, 9.17) is 4.74 Å². The highest BCUT2D eigenvalue weighted by atomic mass is 16.5. The molecular weight excluding hydrogens is 358 g/mol. The van der Waals surface area contributed by atoms with Crippen molar-refractivity contribution in [2.24, 2.45) is 5.41 Å². The molecule has 0 saturated carbocycles. The summed E-state index contributed by atoms with van der Waals surface area (Å²) < 4.78 is 10.3. The van der Waals surface area contributed by atoms with Gasteiger partial charge in [0.2, 0.25) is 11.7 Å². The molecule has 6 nitrogen and oxygen atoms in total. The van der Waals surface area contributed by atoms with Crippen molar-refractivity contribution in [1.82, 2.24) is 0 Å². The Labute approximate surface area is 164 Å². The normalized spacial score (nSPS) is 12.0. The maximum Gasteiger partial charge on any atom is 0.337 e. The molecule has 1 amide bonds. The van der Waals surface area contributed by atoms with Crippen molar-refractivity contribution >= 4 is 23.3 Å². The Morgan fingerprint density at radius 3 is 1.93 bits per heavy atom. The zero-order valence-electron chi connectivity index (χ0n) is 16.7. The molecule has 0 bridgehead atoms. The maximum absolute atomic E-state index is 12.6. The third kappa shape index (κ3) is 5.42. The van der Waals surface area contributed by atoms with Crippen LogP contribution in [0.5, 0.6) is 5.75 Å². The van der Waals surface area contributed by atoms with Crippen molar-refractivity contribution in [3.8, 4) is 5.75 Å². The van der Waals surface area contributed by atoms with Gasteiger partial charge in [-0.2, -0.15) is 0 Å². The van der Waals surface area contributed by atoms with Crippen LogP contribution in [0.15, 0.2) is 48.5 Å². The Morgan fingerprint density at radius 1 is 0.893 bits per heavy atom. The SMILES string of the molecule is COC(=O)c1ccc(O[C@H](C)C(=O)c2ccc(NC(=O)C(C)(C)C)cc2)cc1. The van der Waals surface area contributed by atoms with Crippen LogP contribution in [0.3, 0.4) is 0 Å². The first-order chi connectivity index (χ1) is 13.1. The van der Waals surface area contributed by atoms with E-state index in [0.29, 0.717) is 22.6 Å². The van der Waals surface area contributed by atoms with Crippen LogP contribution >= 0.6 is 0 Å². The van der Waals surface area contributed by atoms with Gasteiger partial charge in [-0.05, 0) is 55.5 Å². The third-order valence-corrected chi connectivity index (χ3v) is 4.07. The highest BCUT2D eigenvalue weighted by molar-refractivity contribution is 6.00. The van der Waals surface area contributed by atoms with Gasteiger partial charge in [-0.15, -0.1) is 0 Å². The van der Waals surface area contributed by atoms with Gasteiger partial charge in [-0.1, -0.05) is 20.8 Å². The molecule has 0 aliphatic carbocycles. The molecule has 2 aromatic rings. The zero-order valence-corrected chi connectivity index (χ0v) is 16.7. The van der Waals surface area contributed by atoms with E-state index >= 15 is 0 Å². The van der Waals surface area contributed by atoms with E-state index in [9.17, 15) is 14.4 Å². The van der Waals surface area contributed by atoms with Crippen LogP contribution in [-0.2, 0) is 9.53 Å². The Hall–Kier alpha value is -3.15. The van der Waals surface area contributed by atoms with Gasteiger partial charge in [0.1, 0.15) is 5.75 Å². The van der Waals surface area contributed by atoms with Gasteiger partial charge in [0.25, 0.3) is 0 Å². The minimum absolute atomic E-state index is 0.0984. The van der Waals surface area contributed by atoms with Gasteiger partial charge in [-0.3, -0.25) is 9.59 Å². The lowest BCUT2D eigenvalue weighted by atomic mass is 9.95. The molecule has 0 heterocycles. The number of benzene rings is 2. The summed E-state index contributed by atoms with van der Waals surface area (Å²) in [5, 5.41) is 2.82. The van der Waals surface area contributed by atoms with Crippen molar-refractivity contribution in [2.45, 2.75) is 33.8 Å². The maximum atomic E-state index is 12.6. The summed E-state index contributed by atoms with van der Waals surface area (Å²) in [6.07, 6.45) is -0.709. The van der Waals surface area contributed by atoms with Crippen LogP contribution in [0.4, 0.5) is 5.69 Å².